The molecule has 2 saturated heterocycles. The molecule has 1 amide bonds. The molecule has 2 aliphatic heterocycles. The summed E-state index contributed by atoms with van der Waals surface area (Å²) in [5.41, 5.74) is 1.57. The number of nitrogens with zero attached hydrogens (tertiary/aromatic N) is 6. The van der Waals surface area contributed by atoms with Crippen LogP contribution < -0.4 is 4.90 Å². The third-order valence-electron chi connectivity index (χ3n) is 5.84. The van der Waals surface area contributed by atoms with E-state index in [-0.39, 0.29) is 11.8 Å². The highest BCUT2D eigenvalue weighted by Crippen LogP contribution is 2.29. The maximum Gasteiger partial charge on any atom is 0.257 e. The molecule has 0 saturated carbocycles. The molecule has 3 aromatic heterocycles. The summed E-state index contributed by atoms with van der Waals surface area (Å²) in [6.07, 6.45) is 8.10. The van der Waals surface area contributed by atoms with Crippen LogP contribution in [0, 0.1) is 0 Å². The maximum atomic E-state index is 13.4. The minimum absolute atomic E-state index is 0.0773. The zero-order chi connectivity index (χ0) is 18.9. The molecular weight excluding hydrogens is 352 g/mol. The Morgan fingerprint density at radius 3 is 2.79 bits per heavy atom. The fraction of sp³-hybridized carbons (Fsp3) is 0.429. The lowest BCUT2D eigenvalue weighted by atomic mass is 9.96. The van der Waals surface area contributed by atoms with E-state index < -0.39 is 0 Å². The molecule has 0 N–H and O–H groups in total. The predicted octanol–water partition coefficient (Wildman–Crippen LogP) is 2.74. The van der Waals surface area contributed by atoms with E-state index in [9.17, 15) is 4.79 Å². The summed E-state index contributed by atoms with van der Waals surface area (Å²) in [6.45, 7) is 3.40. The van der Waals surface area contributed by atoms with Gasteiger partial charge in [-0.25, -0.2) is 4.98 Å². The van der Waals surface area contributed by atoms with Crippen LogP contribution in [0.3, 0.4) is 0 Å². The Hall–Kier alpha value is -2.96. The number of aromatic nitrogens is 4. The molecule has 7 nitrogen and oxygen atoms in total. The summed E-state index contributed by atoms with van der Waals surface area (Å²) in [4.78, 5) is 22.1. The summed E-state index contributed by atoms with van der Waals surface area (Å²) in [7, 11) is 0. The third kappa shape index (κ3) is 3.00. The summed E-state index contributed by atoms with van der Waals surface area (Å²) < 4.78 is 2.04. The van der Waals surface area contributed by atoms with Crippen molar-refractivity contribution in [2.24, 2.45) is 0 Å². The van der Waals surface area contributed by atoms with Gasteiger partial charge in [0.05, 0.1) is 5.56 Å². The van der Waals surface area contributed by atoms with Crippen molar-refractivity contribution in [2.45, 2.75) is 31.6 Å². The Labute approximate surface area is 164 Å². The molecule has 144 valence electrons. The molecule has 0 radical (unpaired) electrons. The van der Waals surface area contributed by atoms with Gasteiger partial charge in [0, 0.05) is 44.5 Å². The van der Waals surface area contributed by atoms with Crippen LogP contribution in [0.1, 0.15) is 47.8 Å². The predicted molar refractivity (Wildman–Crippen MR) is 107 cm³/mol. The molecule has 3 aromatic rings. The maximum absolute atomic E-state index is 13.4. The van der Waals surface area contributed by atoms with E-state index in [4.69, 9.17) is 0 Å². The van der Waals surface area contributed by atoms with Crippen molar-refractivity contribution in [1.29, 1.82) is 0 Å². The van der Waals surface area contributed by atoms with Gasteiger partial charge in [-0.2, -0.15) is 0 Å². The van der Waals surface area contributed by atoms with Crippen LogP contribution >= 0.6 is 0 Å². The zero-order valence-electron chi connectivity index (χ0n) is 15.9. The smallest absolute Gasteiger partial charge is 0.257 e. The number of hydrogen-bond acceptors (Lipinski definition) is 5. The summed E-state index contributed by atoms with van der Waals surface area (Å²) >= 11 is 0. The first-order valence-electron chi connectivity index (χ1n) is 10.1. The molecule has 5 rings (SSSR count). The largest absolute Gasteiger partial charge is 0.356 e. The van der Waals surface area contributed by atoms with E-state index in [1.54, 1.807) is 6.20 Å². The highest BCUT2D eigenvalue weighted by Gasteiger charge is 2.30. The second-order valence-corrected chi connectivity index (χ2v) is 7.65. The number of pyridine rings is 2. The van der Waals surface area contributed by atoms with Crippen molar-refractivity contribution in [3.8, 4) is 0 Å². The van der Waals surface area contributed by atoms with Gasteiger partial charge >= 0.3 is 0 Å². The van der Waals surface area contributed by atoms with Crippen molar-refractivity contribution < 1.29 is 4.79 Å². The van der Waals surface area contributed by atoms with E-state index in [0.717, 1.165) is 68.2 Å². The molecule has 0 bridgehead atoms. The van der Waals surface area contributed by atoms with Gasteiger partial charge in [-0.3, -0.25) is 9.20 Å². The number of rotatable bonds is 3. The highest BCUT2D eigenvalue weighted by molar-refractivity contribution is 5.99. The quantitative estimate of drug-likeness (QED) is 0.703. The summed E-state index contributed by atoms with van der Waals surface area (Å²) in [5.74, 6) is 2.05. The Bertz CT molecular complexity index is 993. The number of anilines is 1. The lowest BCUT2D eigenvalue weighted by Gasteiger charge is -2.33. The standard InChI is InChI=1S/C21H24N6O/c28-21(17-8-5-10-22-20(17)25-11-3-4-12-25)26-13-6-7-16(15-26)19-24-23-18-9-1-2-14-27(18)19/h1-2,5,8-10,14,16H,3-4,6-7,11-13,15H2. The first-order valence-corrected chi connectivity index (χ1v) is 10.1. The molecule has 5 heterocycles. The van der Waals surface area contributed by atoms with Crippen molar-refractivity contribution >= 4 is 17.4 Å². The van der Waals surface area contributed by atoms with Crippen LogP contribution in [0.5, 0.6) is 0 Å². The lowest BCUT2D eigenvalue weighted by Crippen LogP contribution is -2.40. The normalized spacial score (nSPS) is 20.1. The van der Waals surface area contributed by atoms with Crippen LogP contribution in [-0.2, 0) is 0 Å². The third-order valence-corrected chi connectivity index (χ3v) is 5.84. The van der Waals surface area contributed by atoms with Gasteiger partial charge in [0.1, 0.15) is 11.6 Å². The number of carbonyl (C=O) groups excluding carboxylic acids is 1. The Morgan fingerprint density at radius 1 is 1.00 bits per heavy atom. The highest BCUT2D eigenvalue weighted by atomic mass is 16.2. The van der Waals surface area contributed by atoms with Gasteiger partial charge in [0.25, 0.3) is 5.91 Å². The van der Waals surface area contributed by atoms with Gasteiger partial charge in [0.15, 0.2) is 5.65 Å². The molecule has 0 aromatic carbocycles. The fourth-order valence-corrected chi connectivity index (χ4v) is 4.43. The SMILES string of the molecule is O=C(c1cccnc1N1CCCC1)N1CCCC(c2nnc3ccccn23)C1. The molecule has 7 heteroatoms. The zero-order valence-corrected chi connectivity index (χ0v) is 15.9. The average Bonchev–Trinajstić information content (AvgIpc) is 3.43. The average molecular weight is 376 g/mol. The Balaban J connectivity index is 1.40. The van der Waals surface area contributed by atoms with Crippen molar-refractivity contribution in [3.05, 3.63) is 54.1 Å². The van der Waals surface area contributed by atoms with Crippen molar-refractivity contribution in [1.82, 2.24) is 24.5 Å². The first kappa shape index (κ1) is 17.2. The molecular formula is C21H24N6O. The number of amides is 1. The number of hydrogen-bond donors (Lipinski definition) is 0. The van der Waals surface area contributed by atoms with Gasteiger partial charge < -0.3 is 9.80 Å². The van der Waals surface area contributed by atoms with Gasteiger partial charge in [0.2, 0.25) is 0 Å². The molecule has 0 spiro atoms. The molecule has 0 aliphatic carbocycles. The summed E-state index contributed by atoms with van der Waals surface area (Å²) in [6, 6.07) is 9.69. The topological polar surface area (TPSA) is 66.6 Å². The van der Waals surface area contributed by atoms with E-state index in [0.29, 0.717) is 6.54 Å². The second kappa shape index (κ2) is 7.22. The molecule has 28 heavy (non-hydrogen) atoms. The van der Waals surface area contributed by atoms with Crippen LogP contribution in [0.15, 0.2) is 42.7 Å². The van der Waals surface area contributed by atoms with Gasteiger partial charge in [-0.15, -0.1) is 10.2 Å². The van der Waals surface area contributed by atoms with E-state index in [2.05, 4.69) is 20.1 Å². The van der Waals surface area contributed by atoms with E-state index in [1.807, 2.05) is 45.8 Å². The number of likely N-dealkylation sites (tertiary alicyclic amines) is 1. The van der Waals surface area contributed by atoms with E-state index in [1.165, 1.54) is 0 Å². The lowest BCUT2D eigenvalue weighted by molar-refractivity contribution is 0.0704. The van der Waals surface area contributed by atoms with Crippen LogP contribution in [0.4, 0.5) is 5.82 Å². The molecule has 1 atom stereocenters. The molecule has 1 unspecified atom stereocenters. The van der Waals surface area contributed by atoms with Crippen LogP contribution in [-0.4, -0.2) is 56.6 Å². The minimum Gasteiger partial charge on any atom is -0.356 e. The van der Waals surface area contributed by atoms with Crippen molar-refractivity contribution in [2.75, 3.05) is 31.1 Å². The van der Waals surface area contributed by atoms with Crippen LogP contribution in [0.2, 0.25) is 0 Å². The van der Waals surface area contributed by atoms with Gasteiger partial charge in [-0.1, -0.05) is 6.07 Å². The Morgan fingerprint density at radius 2 is 1.89 bits per heavy atom. The van der Waals surface area contributed by atoms with Gasteiger partial charge in [-0.05, 0) is 49.9 Å². The Kier molecular flexibility index (Phi) is 4.43. The number of piperidine rings is 1. The first-order chi connectivity index (χ1) is 13.8. The fourth-order valence-electron chi connectivity index (χ4n) is 4.43. The minimum atomic E-state index is 0.0773. The summed E-state index contributed by atoms with van der Waals surface area (Å²) in [5, 5.41) is 8.70. The number of carbonyl (C=O) groups is 1. The molecule has 2 aliphatic rings. The number of fused-ring (bicyclic) bond motifs is 1. The monoisotopic (exact) mass is 376 g/mol. The van der Waals surface area contributed by atoms with E-state index >= 15 is 0 Å². The second-order valence-electron chi connectivity index (χ2n) is 7.65. The molecule has 2 fully saturated rings. The van der Waals surface area contributed by atoms with Crippen molar-refractivity contribution in [3.63, 3.8) is 0 Å². The van der Waals surface area contributed by atoms with Crippen LogP contribution in [0.25, 0.3) is 5.65 Å².